The van der Waals surface area contributed by atoms with E-state index in [0.717, 1.165) is 11.3 Å². The summed E-state index contributed by atoms with van der Waals surface area (Å²) in [6.07, 6.45) is -0.316. The van der Waals surface area contributed by atoms with E-state index in [4.69, 9.17) is 4.74 Å². The quantitative estimate of drug-likeness (QED) is 0.755. The Bertz CT molecular complexity index is 718. The zero-order chi connectivity index (χ0) is 18.6. The number of carbonyl (C=O) groups excluding carboxylic acids is 1. The van der Waals surface area contributed by atoms with E-state index >= 15 is 0 Å². The van der Waals surface area contributed by atoms with Crippen LogP contribution >= 0.6 is 11.3 Å². The highest BCUT2D eigenvalue weighted by Gasteiger charge is 2.20. The zero-order valence-corrected chi connectivity index (χ0v) is 16.7. The lowest BCUT2D eigenvalue weighted by atomic mass is 10.1. The third-order valence-electron chi connectivity index (χ3n) is 3.69. The first-order valence-electron chi connectivity index (χ1n) is 8.50. The van der Waals surface area contributed by atoms with Crippen molar-refractivity contribution in [2.24, 2.45) is 0 Å². The Kier molecular flexibility index (Phi) is 6.11. The number of para-hydroxylation sites is 1. The van der Waals surface area contributed by atoms with Gasteiger partial charge in [-0.25, -0.2) is 4.79 Å². The zero-order valence-electron chi connectivity index (χ0n) is 15.9. The second-order valence-corrected chi connectivity index (χ2v) is 8.63. The van der Waals surface area contributed by atoms with Crippen molar-refractivity contribution in [2.45, 2.75) is 52.8 Å². The third-order valence-corrected chi connectivity index (χ3v) is 4.87. The standard InChI is InChI=1S/C20H28N2O2S/c1-14-11-12-18(25-14)15(2)21-17-10-8-7-9-16(17)13-22(6)19(23)24-20(3,4)5/h7-12,15,21H,13H2,1-6H3. The molecule has 0 radical (unpaired) electrons. The molecule has 1 aromatic carbocycles. The first-order valence-corrected chi connectivity index (χ1v) is 9.32. The maximum absolute atomic E-state index is 12.2. The van der Waals surface area contributed by atoms with Crippen molar-refractivity contribution in [3.63, 3.8) is 0 Å². The number of carbonyl (C=O) groups is 1. The summed E-state index contributed by atoms with van der Waals surface area (Å²) in [5, 5.41) is 3.56. The van der Waals surface area contributed by atoms with Crippen molar-refractivity contribution in [2.75, 3.05) is 12.4 Å². The predicted octanol–water partition coefficient (Wildman–Crippen LogP) is 5.60. The lowest BCUT2D eigenvalue weighted by Gasteiger charge is -2.25. The fourth-order valence-corrected chi connectivity index (χ4v) is 3.33. The van der Waals surface area contributed by atoms with Crippen LogP contribution < -0.4 is 5.32 Å². The van der Waals surface area contributed by atoms with Gasteiger partial charge >= 0.3 is 6.09 Å². The molecule has 2 rings (SSSR count). The van der Waals surface area contributed by atoms with E-state index in [-0.39, 0.29) is 12.1 Å². The molecule has 1 amide bonds. The van der Waals surface area contributed by atoms with E-state index in [1.807, 2.05) is 39.0 Å². The van der Waals surface area contributed by atoms with Gasteiger partial charge in [0.25, 0.3) is 0 Å². The predicted molar refractivity (Wildman–Crippen MR) is 105 cm³/mol. The fraction of sp³-hybridized carbons (Fsp3) is 0.450. The largest absolute Gasteiger partial charge is 0.444 e. The van der Waals surface area contributed by atoms with Crippen molar-refractivity contribution in [3.8, 4) is 0 Å². The average Bonchev–Trinajstić information content (AvgIpc) is 2.94. The maximum atomic E-state index is 12.2. The van der Waals surface area contributed by atoms with Crippen molar-refractivity contribution in [3.05, 3.63) is 51.7 Å². The van der Waals surface area contributed by atoms with Gasteiger partial charge in [-0.15, -0.1) is 11.3 Å². The first kappa shape index (κ1) is 19.3. The Hall–Kier alpha value is -2.01. The topological polar surface area (TPSA) is 41.6 Å². The Labute approximate surface area is 154 Å². The molecule has 25 heavy (non-hydrogen) atoms. The van der Waals surface area contributed by atoms with Gasteiger partial charge < -0.3 is 15.0 Å². The maximum Gasteiger partial charge on any atom is 0.410 e. The van der Waals surface area contributed by atoms with Crippen LogP contribution in [0.2, 0.25) is 0 Å². The van der Waals surface area contributed by atoms with E-state index in [1.165, 1.54) is 9.75 Å². The van der Waals surface area contributed by atoms with Crippen LogP contribution in [0.5, 0.6) is 0 Å². The first-order chi connectivity index (χ1) is 11.7. The highest BCUT2D eigenvalue weighted by atomic mass is 32.1. The summed E-state index contributed by atoms with van der Waals surface area (Å²) < 4.78 is 5.43. The van der Waals surface area contributed by atoms with Gasteiger partial charge in [0.1, 0.15) is 5.60 Å². The van der Waals surface area contributed by atoms with Crippen LogP contribution in [-0.4, -0.2) is 23.6 Å². The minimum absolute atomic E-state index is 0.215. The molecule has 0 aliphatic carbocycles. The normalized spacial score (nSPS) is 12.6. The SMILES string of the molecule is Cc1ccc(C(C)Nc2ccccc2CN(C)C(=O)OC(C)(C)C)s1. The molecule has 1 unspecified atom stereocenters. The van der Waals surface area contributed by atoms with Gasteiger partial charge in [0.2, 0.25) is 0 Å². The molecule has 1 heterocycles. The van der Waals surface area contributed by atoms with Gasteiger partial charge in [-0.3, -0.25) is 0 Å². The summed E-state index contributed by atoms with van der Waals surface area (Å²) in [5.41, 5.74) is 1.61. The number of benzene rings is 1. The number of nitrogens with zero attached hydrogens (tertiary/aromatic N) is 1. The number of anilines is 1. The van der Waals surface area contributed by atoms with Crippen LogP contribution in [0.1, 0.15) is 49.1 Å². The molecular weight excluding hydrogens is 332 g/mol. The van der Waals surface area contributed by atoms with Crippen LogP contribution in [0.25, 0.3) is 0 Å². The van der Waals surface area contributed by atoms with Gasteiger partial charge in [-0.2, -0.15) is 0 Å². The number of amides is 1. The molecule has 0 bridgehead atoms. The summed E-state index contributed by atoms with van der Waals surface area (Å²) in [5.74, 6) is 0. The molecule has 5 heteroatoms. The molecule has 0 spiro atoms. The van der Waals surface area contributed by atoms with Gasteiger partial charge in [0, 0.05) is 22.5 Å². The molecule has 0 aliphatic heterocycles. The van der Waals surface area contributed by atoms with Crippen molar-refractivity contribution < 1.29 is 9.53 Å². The summed E-state index contributed by atoms with van der Waals surface area (Å²) >= 11 is 1.80. The lowest BCUT2D eigenvalue weighted by Crippen LogP contribution is -2.34. The number of aryl methyl sites for hydroxylation is 1. The van der Waals surface area contributed by atoms with Crippen LogP contribution in [0.15, 0.2) is 36.4 Å². The molecule has 2 aromatic rings. The number of nitrogens with one attached hydrogen (secondary N) is 1. The molecular formula is C20H28N2O2S. The second-order valence-electron chi connectivity index (χ2n) is 7.31. The number of hydrogen-bond acceptors (Lipinski definition) is 4. The van der Waals surface area contributed by atoms with Crippen molar-refractivity contribution in [1.29, 1.82) is 0 Å². The molecule has 136 valence electrons. The second kappa shape index (κ2) is 7.91. The summed E-state index contributed by atoms with van der Waals surface area (Å²) in [6, 6.07) is 12.6. The molecule has 0 aliphatic rings. The van der Waals surface area contributed by atoms with E-state index in [1.54, 1.807) is 23.3 Å². The number of hydrogen-bond donors (Lipinski definition) is 1. The van der Waals surface area contributed by atoms with E-state index in [2.05, 4.69) is 37.4 Å². The minimum Gasteiger partial charge on any atom is -0.444 e. The van der Waals surface area contributed by atoms with Gasteiger partial charge in [0.05, 0.1) is 12.6 Å². The number of rotatable bonds is 5. The average molecular weight is 361 g/mol. The Morgan fingerprint density at radius 3 is 2.52 bits per heavy atom. The van der Waals surface area contributed by atoms with Crippen molar-refractivity contribution in [1.82, 2.24) is 4.90 Å². The highest BCUT2D eigenvalue weighted by Crippen LogP contribution is 2.27. The van der Waals surface area contributed by atoms with Crippen LogP contribution in [0, 0.1) is 6.92 Å². The number of ether oxygens (including phenoxy) is 1. The molecule has 4 nitrogen and oxygen atoms in total. The summed E-state index contributed by atoms with van der Waals surface area (Å²) in [6.45, 7) is 10.4. The summed E-state index contributed by atoms with van der Waals surface area (Å²) in [7, 11) is 1.76. The van der Waals surface area contributed by atoms with Crippen LogP contribution in [0.4, 0.5) is 10.5 Å². The van der Waals surface area contributed by atoms with Crippen LogP contribution in [0.3, 0.4) is 0 Å². The third kappa shape index (κ3) is 5.78. The van der Waals surface area contributed by atoms with E-state index < -0.39 is 5.60 Å². The Morgan fingerprint density at radius 1 is 1.24 bits per heavy atom. The van der Waals surface area contributed by atoms with Gasteiger partial charge in [0.15, 0.2) is 0 Å². The van der Waals surface area contributed by atoms with Crippen molar-refractivity contribution >= 4 is 23.1 Å². The Balaban J connectivity index is 2.08. The van der Waals surface area contributed by atoms with Crippen LogP contribution in [-0.2, 0) is 11.3 Å². The monoisotopic (exact) mass is 360 g/mol. The van der Waals surface area contributed by atoms with E-state index in [0.29, 0.717) is 6.54 Å². The minimum atomic E-state index is -0.491. The molecule has 1 aromatic heterocycles. The fourth-order valence-electron chi connectivity index (χ4n) is 2.45. The van der Waals surface area contributed by atoms with Gasteiger partial charge in [-0.05, 0) is 58.4 Å². The molecule has 1 atom stereocenters. The molecule has 1 N–H and O–H groups in total. The number of thiophene rings is 1. The smallest absolute Gasteiger partial charge is 0.410 e. The molecule has 0 saturated carbocycles. The summed E-state index contributed by atoms with van der Waals surface area (Å²) in [4.78, 5) is 16.4. The molecule has 0 saturated heterocycles. The Morgan fingerprint density at radius 2 is 1.92 bits per heavy atom. The molecule has 0 fully saturated rings. The lowest BCUT2D eigenvalue weighted by molar-refractivity contribution is 0.0285. The van der Waals surface area contributed by atoms with Gasteiger partial charge in [-0.1, -0.05) is 18.2 Å². The van der Waals surface area contributed by atoms with E-state index in [9.17, 15) is 4.79 Å². The highest BCUT2D eigenvalue weighted by molar-refractivity contribution is 7.12.